The molecule has 0 fully saturated rings. The topological polar surface area (TPSA) is 50.1 Å². The molecule has 1 unspecified atom stereocenters. The van der Waals surface area contributed by atoms with Gasteiger partial charge in [-0.05, 0) is 19.9 Å². The monoisotopic (exact) mass is 273 g/mol. The highest BCUT2D eigenvalue weighted by Gasteiger charge is 2.24. The van der Waals surface area contributed by atoms with Gasteiger partial charge in [-0.25, -0.2) is 4.98 Å². The van der Waals surface area contributed by atoms with Crippen LogP contribution in [0.4, 0.5) is 0 Å². The number of aliphatic hydroxyl groups excluding tert-OH is 1. The van der Waals surface area contributed by atoms with Gasteiger partial charge in [0.25, 0.3) is 0 Å². The Balaban J connectivity index is 2.20. The lowest BCUT2D eigenvalue weighted by atomic mass is 10.0. The summed E-state index contributed by atoms with van der Waals surface area (Å²) >= 11 is 0. The molecule has 0 spiro atoms. The molecule has 4 heteroatoms. The van der Waals surface area contributed by atoms with Gasteiger partial charge in [0.15, 0.2) is 0 Å². The molecule has 4 nitrogen and oxygen atoms in total. The van der Waals surface area contributed by atoms with E-state index in [9.17, 15) is 5.11 Å². The number of aliphatic hydroxyl groups is 1. The molecule has 0 saturated carbocycles. The molecule has 0 aliphatic rings. The lowest BCUT2D eigenvalue weighted by molar-refractivity contribution is 0.158. The molecule has 2 rings (SSSR count). The van der Waals surface area contributed by atoms with E-state index in [1.54, 1.807) is 6.20 Å². The zero-order valence-corrected chi connectivity index (χ0v) is 12.2. The van der Waals surface area contributed by atoms with Crippen LogP contribution in [0.2, 0.25) is 0 Å². The van der Waals surface area contributed by atoms with E-state index in [2.05, 4.69) is 33.9 Å². The summed E-state index contributed by atoms with van der Waals surface area (Å²) in [6.45, 7) is 5.84. The van der Waals surface area contributed by atoms with Crippen LogP contribution in [-0.2, 0) is 6.54 Å². The Morgan fingerprint density at radius 3 is 2.70 bits per heavy atom. The summed E-state index contributed by atoms with van der Waals surface area (Å²) in [5, 5.41) is 13.1. The Labute approximate surface area is 120 Å². The normalized spacial score (nSPS) is 14.2. The van der Waals surface area contributed by atoms with E-state index in [1.165, 1.54) is 0 Å². The average molecular weight is 273 g/mol. The number of hydrogen-bond donors (Lipinski definition) is 2. The zero-order chi connectivity index (χ0) is 14.4. The highest BCUT2D eigenvalue weighted by atomic mass is 16.3. The number of imidazole rings is 1. The summed E-state index contributed by atoms with van der Waals surface area (Å²) in [7, 11) is 0. The first-order chi connectivity index (χ1) is 9.68. The summed E-state index contributed by atoms with van der Waals surface area (Å²) in [5.41, 5.74) is 0.758. The second kappa shape index (κ2) is 6.68. The van der Waals surface area contributed by atoms with E-state index < -0.39 is 0 Å². The van der Waals surface area contributed by atoms with Crippen molar-refractivity contribution < 1.29 is 5.11 Å². The van der Waals surface area contributed by atoms with Gasteiger partial charge in [-0.3, -0.25) is 0 Å². The van der Waals surface area contributed by atoms with Crippen molar-refractivity contribution in [2.24, 2.45) is 0 Å². The Morgan fingerprint density at radius 2 is 2.05 bits per heavy atom. The molecule has 0 aliphatic carbocycles. The number of aromatic nitrogens is 2. The van der Waals surface area contributed by atoms with E-state index in [1.807, 2.05) is 31.3 Å². The molecule has 0 radical (unpaired) electrons. The van der Waals surface area contributed by atoms with Gasteiger partial charge >= 0.3 is 0 Å². The summed E-state index contributed by atoms with van der Waals surface area (Å²) in [4.78, 5) is 4.44. The number of hydrogen-bond acceptors (Lipinski definition) is 3. The van der Waals surface area contributed by atoms with Crippen LogP contribution in [0.5, 0.6) is 0 Å². The molecule has 0 saturated heterocycles. The quantitative estimate of drug-likeness (QED) is 0.814. The molecule has 2 aromatic rings. The van der Waals surface area contributed by atoms with Gasteiger partial charge in [0, 0.05) is 24.5 Å². The maximum Gasteiger partial charge on any atom is 0.139 e. The Bertz CT molecular complexity index is 524. The molecular weight excluding hydrogens is 250 g/mol. The second-order valence-electron chi connectivity index (χ2n) is 5.39. The van der Waals surface area contributed by atoms with Crippen LogP contribution in [0.25, 0.3) is 11.4 Å². The Morgan fingerprint density at radius 1 is 1.30 bits per heavy atom. The van der Waals surface area contributed by atoms with Crippen molar-refractivity contribution in [2.75, 3.05) is 13.2 Å². The highest BCUT2D eigenvalue weighted by molar-refractivity contribution is 5.55. The lowest BCUT2D eigenvalue weighted by Crippen LogP contribution is -2.49. The third kappa shape index (κ3) is 3.46. The van der Waals surface area contributed by atoms with E-state index in [-0.39, 0.29) is 12.1 Å². The maximum atomic E-state index is 9.68. The number of benzene rings is 1. The predicted octanol–water partition coefficient (Wildman–Crippen LogP) is 2.30. The molecule has 1 aromatic heterocycles. The summed E-state index contributed by atoms with van der Waals surface area (Å²) in [6.07, 6.45) is 4.81. The minimum Gasteiger partial charge on any atom is -0.394 e. The first-order valence-electron chi connectivity index (χ1n) is 7.11. The van der Waals surface area contributed by atoms with E-state index in [0.717, 1.165) is 24.4 Å². The SMILES string of the molecule is CCCNC(C)(CO)Cn1ccnc1-c1ccccc1. The smallest absolute Gasteiger partial charge is 0.139 e. The third-order valence-corrected chi connectivity index (χ3v) is 3.42. The van der Waals surface area contributed by atoms with Gasteiger partial charge in [0.05, 0.1) is 12.1 Å². The van der Waals surface area contributed by atoms with Crippen molar-refractivity contribution in [3.05, 3.63) is 42.7 Å². The van der Waals surface area contributed by atoms with Crippen molar-refractivity contribution in [3.8, 4) is 11.4 Å². The van der Waals surface area contributed by atoms with Crippen LogP contribution < -0.4 is 5.32 Å². The average Bonchev–Trinajstić information content (AvgIpc) is 2.94. The first-order valence-corrected chi connectivity index (χ1v) is 7.11. The summed E-state index contributed by atoms with van der Waals surface area (Å²) in [5.74, 6) is 0.934. The van der Waals surface area contributed by atoms with Gasteiger partial charge in [-0.2, -0.15) is 0 Å². The fourth-order valence-electron chi connectivity index (χ4n) is 2.25. The van der Waals surface area contributed by atoms with Gasteiger partial charge in [-0.15, -0.1) is 0 Å². The highest BCUT2D eigenvalue weighted by Crippen LogP contribution is 2.19. The third-order valence-electron chi connectivity index (χ3n) is 3.42. The second-order valence-corrected chi connectivity index (χ2v) is 5.39. The Kier molecular flexibility index (Phi) is 4.93. The van der Waals surface area contributed by atoms with Crippen molar-refractivity contribution in [2.45, 2.75) is 32.4 Å². The number of rotatable bonds is 7. The first kappa shape index (κ1) is 14.8. The van der Waals surface area contributed by atoms with Gasteiger partial charge < -0.3 is 15.0 Å². The van der Waals surface area contributed by atoms with Crippen molar-refractivity contribution in [3.63, 3.8) is 0 Å². The van der Waals surface area contributed by atoms with Crippen LogP contribution in [0.1, 0.15) is 20.3 Å². The Hall–Kier alpha value is -1.65. The van der Waals surface area contributed by atoms with Gasteiger partial charge in [0.2, 0.25) is 0 Å². The molecule has 0 bridgehead atoms. The van der Waals surface area contributed by atoms with E-state index in [0.29, 0.717) is 6.54 Å². The molecule has 20 heavy (non-hydrogen) atoms. The summed E-state index contributed by atoms with van der Waals surface area (Å²) in [6, 6.07) is 10.1. The minimum atomic E-state index is -0.333. The zero-order valence-electron chi connectivity index (χ0n) is 12.2. The molecule has 0 aliphatic heterocycles. The fraction of sp³-hybridized carbons (Fsp3) is 0.438. The van der Waals surface area contributed by atoms with E-state index >= 15 is 0 Å². The number of nitrogens with zero attached hydrogens (tertiary/aromatic N) is 2. The molecule has 1 aromatic carbocycles. The van der Waals surface area contributed by atoms with Crippen molar-refractivity contribution in [1.82, 2.24) is 14.9 Å². The van der Waals surface area contributed by atoms with Crippen molar-refractivity contribution in [1.29, 1.82) is 0 Å². The maximum absolute atomic E-state index is 9.68. The predicted molar refractivity (Wildman–Crippen MR) is 81.4 cm³/mol. The van der Waals surface area contributed by atoms with Crippen LogP contribution in [0.15, 0.2) is 42.7 Å². The fourth-order valence-corrected chi connectivity index (χ4v) is 2.25. The summed E-state index contributed by atoms with van der Waals surface area (Å²) < 4.78 is 2.09. The lowest BCUT2D eigenvalue weighted by Gasteiger charge is -2.30. The molecular formula is C16H23N3O. The standard InChI is InChI=1S/C16H23N3O/c1-3-9-18-16(2,13-20)12-19-11-10-17-15(19)14-7-5-4-6-8-14/h4-8,10-11,18,20H,3,9,12-13H2,1-2H3. The van der Waals surface area contributed by atoms with Gasteiger partial charge in [-0.1, -0.05) is 37.3 Å². The van der Waals surface area contributed by atoms with Crippen molar-refractivity contribution >= 4 is 0 Å². The van der Waals surface area contributed by atoms with Crippen LogP contribution in [0.3, 0.4) is 0 Å². The number of nitrogens with one attached hydrogen (secondary N) is 1. The van der Waals surface area contributed by atoms with E-state index in [4.69, 9.17) is 0 Å². The largest absolute Gasteiger partial charge is 0.394 e. The van der Waals surface area contributed by atoms with Gasteiger partial charge in [0.1, 0.15) is 5.82 Å². The van der Waals surface area contributed by atoms with Crippen LogP contribution in [-0.4, -0.2) is 33.3 Å². The molecule has 1 heterocycles. The molecule has 0 amide bonds. The minimum absolute atomic E-state index is 0.0966. The van der Waals surface area contributed by atoms with Crippen LogP contribution in [0, 0.1) is 0 Å². The molecule has 1 atom stereocenters. The van der Waals surface area contributed by atoms with Crippen LogP contribution >= 0.6 is 0 Å². The molecule has 2 N–H and O–H groups in total. The molecule has 108 valence electrons.